The zero-order valence-corrected chi connectivity index (χ0v) is 13.1. The lowest BCUT2D eigenvalue weighted by Gasteiger charge is -2.25. The van der Waals surface area contributed by atoms with Gasteiger partial charge in [-0.15, -0.1) is 0 Å². The van der Waals surface area contributed by atoms with Gasteiger partial charge in [0, 0.05) is 12.6 Å². The molecule has 0 fully saturated rings. The summed E-state index contributed by atoms with van der Waals surface area (Å²) in [7, 11) is 0. The molecule has 0 aromatic carbocycles. The second-order valence-electron chi connectivity index (χ2n) is 3.80. The summed E-state index contributed by atoms with van der Waals surface area (Å²) in [5.41, 5.74) is 6.13. The van der Waals surface area contributed by atoms with E-state index in [0.717, 1.165) is 8.96 Å². The Bertz CT molecular complexity index is 437. The van der Waals surface area contributed by atoms with Crippen LogP contribution in [0.3, 0.4) is 0 Å². The predicted molar refractivity (Wildman–Crippen MR) is 77.9 cm³/mol. The van der Waals surface area contributed by atoms with E-state index in [0.29, 0.717) is 6.42 Å². The molecular formula is C12H14Br2N2O2. The van der Waals surface area contributed by atoms with Crippen LogP contribution in [0.1, 0.15) is 19.8 Å². The lowest BCUT2D eigenvalue weighted by atomic mass is 10.1. The largest absolute Gasteiger partial charge is 0.368 e. The van der Waals surface area contributed by atoms with Gasteiger partial charge in [0.1, 0.15) is 6.04 Å². The van der Waals surface area contributed by atoms with Gasteiger partial charge in [-0.3, -0.25) is 9.59 Å². The van der Waals surface area contributed by atoms with Gasteiger partial charge in [0.2, 0.25) is 11.8 Å². The topological polar surface area (TPSA) is 63.4 Å². The van der Waals surface area contributed by atoms with Gasteiger partial charge in [-0.25, -0.2) is 0 Å². The molecule has 1 heterocycles. The summed E-state index contributed by atoms with van der Waals surface area (Å²) in [5, 5.41) is 0. The molecule has 0 aliphatic carbocycles. The van der Waals surface area contributed by atoms with Crippen LogP contribution in [0.2, 0.25) is 0 Å². The Morgan fingerprint density at radius 1 is 1.61 bits per heavy atom. The zero-order chi connectivity index (χ0) is 13.7. The van der Waals surface area contributed by atoms with Gasteiger partial charge in [-0.1, -0.05) is 19.1 Å². The number of allylic oxidation sites excluding steroid dienone is 3. The molecule has 0 aromatic rings. The van der Waals surface area contributed by atoms with E-state index in [4.69, 9.17) is 5.73 Å². The van der Waals surface area contributed by atoms with Crippen LogP contribution in [0, 0.1) is 0 Å². The minimum absolute atomic E-state index is 0.133. The molecule has 2 amide bonds. The minimum atomic E-state index is -0.602. The molecule has 1 rings (SSSR count). The van der Waals surface area contributed by atoms with E-state index in [1.165, 1.54) is 4.90 Å². The van der Waals surface area contributed by atoms with Crippen molar-refractivity contribution in [1.29, 1.82) is 0 Å². The fourth-order valence-corrected chi connectivity index (χ4v) is 2.22. The summed E-state index contributed by atoms with van der Waals surface area (Å²) in [6.07, 6.45) is 7.79. The number of nitrogens with zero attached hydrogens (tertiary/aromatic N) is 1. The molecule has 0 bridgehead atoms. The third kappa shape index (κ3) is 4.10. The second kappa shape index (κ2) is 6.89. The van der Waals surface area contributed by atoms with E-state index >= 15 is 0 Å². The van der Waals surface area contributed by atoms with Crippen molar-refractivity contribution in [3.8, 4) is 0 Å². The first-order valence-corrected chi connectivity index (χ1v) is 7.05. The molecule has 2 N–H and O–H groups in total. The van der Waals surface area contributed by atoms with Gasteiger partial charge < -0.3 is 10.6 Å². The minimum Gasteiger partial charge on any atom is -0.368 e. The van der Waals surface area contributed by atoms with E-state index in [2.05, 4.69) is 31.9 Å². The number of nitrogens with two attached hydrogens (primary N) is 1. The number of primary amides is 1. The lowest BCUT2D eigenvalue weighted by molar-refractivity contribution is -0.135. The first-order chi connectivity index (χ1) is 8.45. The third-order valence-electron chi connectivity index (χ3n) is 2.51. The standard InChI is InChI=1S/C12H14Br2N2O2/c1-2-9(12(15)18)16-7-8(6-10(13)14)4-3-5-11(16)17/h3-4,6-7,9H,2,5H2,1H3,(H2,15,18). The average molecular weight is 378 g/mol. The third-order valence-corrected chi connectivity index (χ3v) is 2.96. The molecule has 18 heavy (non-hydrogen) atoms. The SMILES string of the molecule is CCC(C(N)=O)N1C=C(C=C(Br)Br)C=CCC1=O. The average Bonchev–Trinajstić information content (AvgIpc) is 2.42. The monoisotopic (exact) mass is 376 g/mol. The molecule has 1 aliphatic rings. The molecular weight excluding hydrogens is 364 g/mol. The van der Waals surface area contributed by atoms with Crippen LogP contribution < -0.4 is 5.73 Å². The predicted octanol–water partition coefficient (Wildman–Crippen LogP) is 2.55. The molecule has 0 aromatic heterocycles. The zero-order valence-electron chi connectivity index (χ0n) is 9.90. The molecule has 1 atom stereocenters. The van der Waals surface area contributed by atoms with Crippen molar-refractivity contribution in [2.24, 2.45) is 5.73 Å². The van der Waals surface area contributed by atoms with Crippen LogP contribution in [0.5, 0.6) is 0 Å². The Kier molecular flexibility index (Phi) is 5.81. The lowest BCUT2D eigenvalue weighted by Crippen LogP contribution is -2.44. The van der Waals surface area contributed by atoms with Crippen molar-refractivity contribution in [1.82, 2.24) is 4.90 Å². The van der Waals surface area contributed by atoms with Gasteiger partial charge in [-0.05, 0) is 49.9 Å². The molecule has 6 heteroatoms. The molecule has 0 saturated heterocycles. The van der Waals surface area contributed by atoms with Crippen LogP contribution in [-0.2, 0) is 9.59 Å². The number of carbonyl (C=O) groups excluding carboxylic acids is 2. The van der Waals surface area contributed by atoms with Crippen LogP contribution in [-0.4, -0.2) is 22.8 Å². The maximum Gasteiger partial charge on any atom is 0.240 e. The number of carbonyl (C=O) groups is 2. The number of hydrogen-bond acceptors (Lipinski definition) is 2. The van der Waals surface area contributed by atoms with Crippen molar-refractivity contribution in [3.63, 3.8) is 0 Å². The van der Waals surface area contributed by atoms with Crippen molar-refractivity contribution in [3.05, 3.63) is 33.4 Å². The Morgan fingerprint density at radius 2 is 2.28 bits per heavy atom. The molecule has 0 spiro atoms. The van der Waals surface area contributed by atoms with Crippen LogP contribution in [0.15, 0.2) is 33.4 Å². The molecule has 4 nitrogen and oxygen atoms in total. The Labute approximate surface area is 123 Å². The maximum atomic E-state index is 11.9. The van der Waals surface area contributed by atoms with Crippen molar-refractivity contribution >= 4 is 43.7 Å². The van der Waals surface area contributed by atoms with E-state index in [1.54, 1.807) is 18.4 Å². The smallest absolute Gasteiger partial charge is 0.240 e. The summed E-state index contributed by atoms with van der Waals surface area (Å²) in [6.45, 7) is 1.82. The summed E-state index contributed by atoms with van der Waals surface area (Å²) >= 11 is 6.52. The Balaban J connectivity index is 3.11. The van der Waals surface area contributed by atoms with E-state index < -0.39 is 11.9 Å². The van der Waals surface area contributed by atoms with Crippen LogP contribution in [0.4, 0.5) is 0 Å². The highest BCUT2D eigenvalue weighted by Crippen LogP contribution is 2.20. The van der Waals surface area contributed by atoms with Crippen LogP contribution in [0.25, 0.3) is 0 Å². The highest BCUT2D eigenvalue weighted by molar-refractivity contribution is 9.28. The fourth-order valence-electron chi connectivity index (χ4n) is 1.69. The highest BCUT2D eigenvalue weighted by Gasteiger charge is 2.25. The fraction of sp³-hybridized carbons (Fsp3) is 0.333. The summed E-state index contributed by atoms with van der Waals surface area (Å²) in [4.78, 5) is 24.7. The van der Waals surface area contributed by atoms with Gasteiger partial charge in [0.25, 0.3) is 0 Å². The maximum absolute atomic E-state index is 11.9. The van der Waals surface area contributed by atoms with E-state index in [9.17, 15) is 9.59 Å². The van der Waals surface area contributed by atoms with Crippen molar-refractivity contribution in [2.75, 3.05) is 0 Å². The molecule has 98 valence electrons. The Hall–Kier alpha value is -0.880. The molecule has 0 radical (unpaired) electrons. The number of hydrogen-bond donors (Lipinski definition) is 1. The number of rotatable bonds is 4. The summed E-state index contributed by atoms with van der Waals surface area (Å²) in [6, 6.07) is -0.602. The van der Waals surface area contributed by atoms with Gasteiger partial charge in [0.15, 0.2) is 0 Å². The summed E-state index contributed by atoms with van der Waals surface area (Å²) < 4.78 is 0.757. The quantitative estimate of drug-likeness (QED) is 0.818. The van der Waals surface area contributed by atoms with E-state index in [-0.39, 0.29) is 12.3 Å². The molecule has 0 saturated carbocycles. The number of amides is 2. The second-order valence-corrected chi connectivity index (χ2v) is 6.57. The van der Waals surface area contributed by atoms with Gasteiger partial charge >= 0.3 is 0 Å². The molecule has 1 aliphatic heterocycles. The Morgan fingerprint density at radius 3 is 2.78 bits per heavy atom. The molecule has 1 unspecified atom stereocenters. The highest BCUT2D eigenvalue weighted by atomic mass is 79.9. The van der Waals surface area contributed by atoms with Crippen LogP contribution >= 0.6 is 31.9 Å². The van der Waals surface area contributed by atoms with Gasteiger partial charge in [-0.2, -0.15) is 0 Å². The number of halogens is 2. The first-order valence-electron chi connectivity index (χ1n) is 5.47. The first kappa shape index (κ1) is 15.2. The normalized spacial score (nSPS) is 16.9. The van der Waals surface area contributed by atoms with E-state index in [1.807, 2.05) is 13.0 Å². The van der Waals surface area contributed by atoms with Crippen molar-refractivity contribution < 1.29 is 9.59 Å². The van der Waals surface area contributed by atoms with Gasteiger partial charge in [0.05, 0.1) is 3.39 Å². The van der Waals surface area contributed by atoms with Crippen molar-refractivity contribution in [2.45, 2.75) is 25.8 Å². The summed E-state index contributed by atoms with van der Waals surface area (Å²) in [5.74, 6) is -0.628.